The Morgan fingerprint density at radius 3 is 2.57 bits per heavy atom. The summed E-state index contributed by atoms with van der Waals surface area (Å²) in [5.41, 5.74) is 0. The molecule has 1 aliphatic rings. The van der Waals surface area contributed by atoms with Crippen LogP contribution in [0.5, 0.6) is 0 Å². The normalized spacial score (nSPS) is 24.0. The summed E-state index contributed by atoms with van der Waals surface area (Å²) >= 11 is 0. The van der Waals surface area contributed by atoms with Gasteiger partial charge in [-0.05, 0) is 6.42 Å². The molecule has 7 heavy (non-hydrogen) atoms. The lowest BCUT2D eigenvalue weighted by Crippen LogP contribution is -1.96. The summed E-state index contributed by atoms with van der Waals surface area (Å²) in [6.45, 7) is 0.812. The molecule has 0 saturated heterocycles. The lowest BCUT2D eigenvalue weighted by atomic mass is 10.3. The molecule has 0 aromatic carbocycles. The Balaban J connectivity index is 2.57. The van der Waals surface area contributed by atoms with Crippen molar-refractivity contribution in [3.05, 3.63) is 0 Å². The van der Waals surface area contributed by atoms with E-state index in [0.29, 0.717) is 0 Å². The van der Waals surface area contributed by atoms with Crippen molar-refractivity contribution in [2.75, 3.05) is 12.3 Å². The van der Waals surface area contributed by atoms with Gasteiger partial charge in [0.2, 0.25) is 0 Å². The third kappa shape index (κ3) is 1.47. The predicted molar refractivity (Wildman–Crippen MR) is 29.4 cm³/mol. The fourth-order valence-electron chi connectivity index (χ4n) is 0.568. The second-order valence-electron chi connectivity index (χ2n) is 1.59. The molecule has 1 aliphatic heterocycles. The first-order chi connectivity index (χ1) is 3.39. The molecule has 42 valence electrons. The molecule has 0 amide bonds. The molecule has 0 spiro atoms. The van der Waals surface area contributed by atoms with Crippen molar-refractivity contribution in [2.45, 2.75) is 12.8 Å². The summed E-state index contributed by atoms with van der Waals surface area (Å²) in [5, 5.41) is 0. The van der Waals surface area contributed by atoms with Crippen LogP contribution in [0.4, 0.5) is 0 Å². The van der Waals surface area contributed by atoms with Gasteiger partial charge in [-0.15, -0.1) is 0 Å². The van der Waals surface area contributed by atoms with Gasteiger partial charge < -0.3 is 8.57 Å². The van der Waals surface area contributed by atoms with Crippen LogP contribution in [0, 0.1) is 0 Å². The van der Waals surface area contributed by atoms with Crippen LogP contribution in [0.3, 0.4) is 0 Å². The molecule has 1 heterocycles. The molecule has 0 N–H and O–H groups in total. The quantitative estimate of drug-likeness (QED) is 0.435. The highest BCUT2D eigenvalue weighted by atomic mass is 32.2. The minimum Gasteiger partial charge on any atom is -0.444 e. The summed E-state index contributed by atoms with van der Waals surface area (Å²) in [4.78, 5) is 0. The Morgan fingerprint density at radius 1 is 1.43 bits per heavy atom. The fourth-order valence-corrected chi connectivity index (χ4v) is 1.48. The van der Waals surface area contributed by atoms with Crippen LogP contribution in [0.25, 0.3) is 0 Å². The zero-order valence-electron chi connectivity index (χ0n) is 4.09. The van der Waals surface area contributed by atoms with Gasteiger partial charge in [0.25, 0.3) is 0 Å². The van der Waals surface area contributed by atoms with Crippen molar-refractivity contribution in [1.29, 1.82) is 0 Å². The SMILES string of the molecule is O=[S-]1=NCCCC1. The summed E-state index contributed by atoms with van der Waals surface area (Å²) in [6.07, 6.45) is 2.22. The van der Waals surface area contributed by atoms with Crippen LogP contribution < -0.4 is 0 Å². The largest absolute Gasteiger partial charge is 0.444 e. The Morgan fingerprint density at radius 2 is 2.29 bits per heavy atom. The summed E-state index contributed by atoms with van der Waals surface area (Å²) < 4.78 is 14.2. The highest BCUT2D eigenvalue weighted by molar-refractivity contribution is 7.74. The molecule has 2 nitrogen and oxygen atoms in total. The van der Waals surface area contributed by atoms with Crippen LogP contribution in [-0.4, -0.2) is 12.3 Å². The van der Waals surface area contributed by atoms with Crippen molar-refractivity contribution in [1.82, 2.24) is 0 Å². The molecule has 0 saturated carbocycles. The van der Waals surface area contributed by atoms with Crippen LogP contribution in [0.2, 0.25) is 0 Å². The van der Waals surface area contributed by atoms with Gasteiger partial charge in [0.15, 0.2) is 0 Å². The first-order valence-electron chi connectivity index (χ1n) is 2.45. The van der Waals surface area contributed by atoms with Gasteiger partial charge in [0, 0.05) is 6.54 Å². The van der Waals surface area contributed by atoms with Gasteiger partial charge in [0.1, 0.15) is 0 Å². The van der Waals surface area contributed by atoms with Crippen molar-refractivity contribution < 1.29 is 4.21 Å². The van der Waals surface area contributed by atoms with Crippen LogP contribution in [0.1, 0.15) is 12.8 Å². The molecular formula is C4H8NOS-. The number of hydrogen-bond donors (Lipinski definition) is 0. The Bertz CT molecular complexity index is 126. The number of nitrogens with zero attached hydrogens (tertiary/aromatic N) is 1. The maximum atomic E-state index is 10.4. The summed E-state index contributed by atoms with van der Waals surface area (Å²) in [5.74, 6) is 0.792. The first kappa shape index (κ1) is 5.09. The number of rotatable bonds is 0. The standard InChI is InChI=1S/C4H8NOS/c6-7-4-2-1-3-5-7/h1-4H2/q-1. The van der Waals surface area contributed by atoms with Crippen molar-refractivity contribution in [2.24, 2.45) is 4.36 Å². The molecular weight excluding hydrogens is 110 g/mol. The third-order valence-corrected chi connectivity index (χ3v) is 2.07. The van der Waals surface area contributed by atoms with E-state index in [4.69, 9.17) is 0 Å². The van der Waals surface area contributed by atoms with Crippen LogP contribution in [0.15, 0.2) is 4.36 Å². The fraction of sp³-hybridized carbons (Fsp3) is 1.00. The predicted octanol–water partition coefficient (Wildman–Crippen LogP) is 0.928. The zero-order valence-corrected chi connectivity index (χ0v) is 4.91. The smallest absolute Gasteiger partial charge is 0.0122 e. The van der Waals surface area contributed by atoms with Gasteiger partial charge in [0.05, 0.1) is 0 Å². The molecule has 1 rings (SSSR count). The highest BCUT2D eigenvalue weighted by Crippen LogP contribution is 1.97. The van der Waals surface area contributed by atoms with E-state index in [9.17, 15) is 4.21 Å². The minimum absolute atomic E-state index is 0.792. The van der Waals surface area contributed by atoms with E-state index in [0.717, 1.165) is 25.1 Å². The van der Waals surface area contributed by atoms with E-state index in [1.165, 1.54) is 0 Å². The summed E-state index contributed by atoms with van der Waals surface area (Å²) in [6, 6.07) is 0. The van der Waals surface area contributed by atoms with Gasteiger partial charge in [-0.25, -0.2) is 0 Å². The number of hydrogen-bond acceptors (Lipinski definition) is 3. The topological polar surface area (TPSA) is 29.4 Å². The lowest BCUT2D eigenvalue weighted by molar-refractivity contribution is 0.592. The maximum absolute atomic E-state index is 10.4. The molecule has 0 aliphatic carbocycles. The summed E-state index contributed by atoms with van der Waals surface area (Å²) in [7, 11) is -0.815. The Labute approximate surface area is 45.1 Å². The van der Waals surface area contributed by atoms with Crippen molar-refractivity contribution in [3.63, 3.8) is 0 Å². The first-order valence-corrected chi connectivity index (χ1v) is 3.73. The molecule has 0 fully saturated rings. The zero-order chi connectivity index (χ0) is 5.11. The molecule has 3 heteroatoms. The highest BCUT2D eigenvalue weighted by Gasteiger charge is 1.85. The van der Waals surface area contributed by atoms with Gasteiger partial charge >= 0.3 is 0 Å². The maximum Gasteiger partial charge on any atom is 0.0122 e. The van der Waals surface area contributed by atoms with Crippen LogP contribution in [-0.2, 0) is 14.8 Å². The molecule has 0 aromatic rings. The van der Waals surface area contributed by atoms with E-state index in [1.807, 2.05) is 0 Å². The monoisotopic (exact) mass is 118 g/mol. The average Bonchev–Trinajstić information content (AvgIpc) is 1.69. The van der Waals surface area contributed by atoms with Gasteiger partial charge in [-0.3, -0.25) is 0 Å². The molecule has 0 atom stereocenters. The van der Waals surface area contributed by atoms with E-state index >= 15 is 0 Å². The second-order valence-corrected chi connectivity index (χ2v) is 2.89. The van der Waals surface area contributed by atoms with Gasteiger partial charge in [-0.2, -0.15) is 10.6 Å². The molecule has 0 unspecified atom stereocenters. The second kappa shape index (κ2) is 2.31. The minimum atomic E-state index is -0.815. The van der Waals surface area contributed by atoms with Crippen LogP contribution >= 0.6 is 0 Å². The molecule has 0 bridgehead atoms. The lowest BCUT2D eigenvalue weighted by Gasteiger charge is -2.08. The van der Waals surface area contributed by atoms with Gasteiger partial charge in [-0.1, -0.05) is 12.2 Å². The van der Waals surface area contributed by atoms with Crippen molar-refractivity contribution in [3.8, 4) is 0 Å². The van der Waals surface area contributed by atoms with Crippen molar-refractivity contribution >= 4 is 10.6 Å². The van der Waals surface area contributed by atoms with E-state index in [1.54, 1.807) is 0 Å². The third-order valence-electron chi connectivity index (χ3n) is 0.962. The average molecular weight is 118 g/mol. The van der Waals surface area contributed by atoms with E-state index in [-0.39, 0.29) is 0 Å². The van der Waals surface area contributed by atoms with E-state index in [2.05, 4.69) is 4.36 Å². The Kier molecular flexibility index (Phi) is 1.68. The Hall–Kier alpha value is -0.0500. The molecule has 0 aromatic heterocycles. The van der Waals surface area contributed by atoms with E-state index < -0.39 is 10.6 Å². The molecule has 0 radical (unpaired) electrons.